The summed E-state index contributed by atoms with van der Waals surface area (Å²) in [6.45, 7) is 9.89. The first kappa shape index (κ1) is 12.7. The van der Waals surface area contributed by atoms with Gasteiger partial charge in [-0.3, -0.25) is 0 Å². The third-order valence-corrected chi connectivity index (χ3v) is 2.82. The summed E-state index contributed by atoms with van der Waals surface area (Å²) >= 11 is 6.42. The second kappa shape index (κ2) is 4.63. The molecule has 0 spiro atoms. The van der Waals surface area contributed by atoms with Gasteiger partial charge in [-0.05, 0) is 52.9 Å². The quantitative estimate of drug-likeness (QED) is 0.560. The summed E-state index contributed by atoms with van der Waals surface area (Å²) in [5, 5.41) is 4.29. The molecule has 0 aliphatic heterocycles. The van der Waals surface area contributed by atoms with Gasteiger partial charge in [0.2, 0.25) is 0 Å². The van der Waals surface area contributed by atoms with Gasteiger partial charge in [-0.15, -0.1) is 0 Å². The van der Waals surface area contributed by atoms with Crippen molar-refractivity contribution in [1.29, 1.82) is 0 Å². The fourth-order valence-electron chi connectivity index (χ4n) is 1.01. The summed E-state index contributed by atoms with van der Waals surface area (Å²) in [5.41, 5.74) is 1.79. The standard InChI is InChI=1S/C10H16N2OS2/c1-7-6-8(2)12(11-7)9(14)15-13-10(3,4)5/h6H,1-5H3. The van der Waals surface area contributed by atoms with E-state index in [1.54, 1.807) is 4.68 Å². The average molecular weight is 244 g/mol. The first-order valence-electron chi connectivity index (χ1n) is 4.73. The molecule has 1 aromatic heterocycles. The van der Waals surface area contributed by atoms with Crippen molar-refractivity contribution in [3.8, 4) is 0 Å². The molecular weight excluding hydrogens is 228 g/mol. The van der Waals surface area contributed by atoms with Crippen LogP contribution in [0.15, 0.2) is 6.07 Å². The molecule has 0 aliphatic carbocycles. The smallest absolute Gasteiger partial charge is 0.188 e. The lowest BCUT2D eigenvalue weighted by atomic mass is 10.2. The minimum absolute atomic E-state index is 0.204. The summed E-state index contributed by atoms with van der Waals surface area (Å²) in [5.74, 6) is 0. The molecule has 0 amide bonds. The maximum Gasteiger partial charge on any atom is 0.188 e. The molecule has 0 saturated heterocycles. The van der Waals surface area contributed by atoms with Crippen molar-refractivity contribution in [2.24, 2.45) is 0 Å². The van der Waals surface area contributed by atoms with Crippen LogP contribution in [-0.4, -0.2) is 19.7 Å². The molecule has 15 heavy (non-hydrogen) atoms. The molecule has 0 saturated carbocycles. The number of hydrogen-bond donors (Lipinski definition) is 0. The molecule has 1 rings (SSSR count). The van der Waals surface area contributed by atoms with Crippen LogP contribution >= 0.6 is 24.3 Å². The van der Waals surface area contributed by atoms with Crippen LogP contribution in [0, 0.1) is 13.8 Å². The lowest BCUT2D eigenvalue weighted by molar-refractivity contribution is 0.167. The number of aromatic nitrogens is 2. The Morgan fingerprint density at radius 1 is 1.47 bits per heavy atom. The minimum atomic E-state index is -0.204. The molecule has 0 bridgehead atoms. The first-order chi connectivity index (χ1) is 6.79. The van der Waals surface area contributed by atoms with Crippen LogP contribution in [0.2, 0.25) is 0 Å². The van der Waals surface area contributed by atoms with Gasteiger partial charge in [0.15, 0.2) is 4.32 Å². The highest BCUT2D eigenvalue weighted by atomic mass is 32.2. The molecule has 0 atom stereocenters. The van der Waals surface area contributed by atoms with Gasteiger partial charge < -0.3 is 4.18 Å². The van der Waals surface area contributed by atoms with Gasteiger partial charge in [-0.2, -0.15) is 5.10 Å². The zero-order chi connectivity index (χ0) is 11.6. The molecule has 1 heterocycles. The Hall–Kier alpha value is -0.390. The van der Waals surface area contributed by atoms with E-state index in [0.717, 1.165) is 11.4 Å². The van der Waals surface area contributed by atoms with Gasteiger partial charge in [0.1, 0.15) is 0 Å². The molecule has 0 fully saturated rings. The van der Waals surface area contributed by atoms with Crippen molar-refractivity contribution in [1.82, 2.24) is 9.78 Å². The molecule has 0 radical (unpaired) electrons. The van der Waals surface area contributed by atoms with Gasteiger partial charge in [-0.1, -0.05) is 0 Å². The highest BCUT2D eigenvalue weighted by molar-refractivity contribution is 8.20. The lowest BCUT2D eigenvalue weighted by Gasteiger charge is -2.17. The Labute approximate surface area is 100 Å². The summed E-state index contributed by atoms with van der Waals surface area (Å²) in [6.07, 6.45) is 0. The summed E-state index contributed by atoms with van der Waals surface area (Å²) < 4.78 is 7.87. The Bertz CT molecular complexity index is 366. The number of nitrogens with zero attached hydrogens (tertiary/aromatic N) is 2. The van der Waals surface area contributed by atoms with E-state index in [9.17, 15) is 0 Å². The summed E-state index contributed by atoms with van der Waals surface area (Å²) in [4.78, 5) is 0. The Morgan fingerprint density at radius 3 is 2.47 bits per heavy atom. The lowest BCUT2D eigenvalue weighted by Crippen LogP contribution is -2.18. The zero-order valence-electron chi connectivity index (χ0n) is 9.70. The van der Waals surface area contributed by atoms with Gasteiger partial charge in [0, 0.05) is 5.69 Å². The number of hydrogen-bond acceptors (Lipinski definition) is 4. The van der Waals surface area contributed by atoms with Crippen molar-refractivity contribution >= 4 is 28.6 Å². The van der Waals surface area contributed by atoms with E-state index in [1.165, 1.54) is 12.0 Å². The molecule has 0 aromatic carbocycles. The molecule has 84 valence electrons. The predicted octanol–water partition coefficient (Wildman–Crippen LogP) is 3.10. The number of rotatable bonds is 1. The Morgan fingerprint density at radius 2 is 2.07 bits per heavy atom. The fourth-order valence-corrected chi connectivity index (χ4v) is 1.87. The van der Waals surface area contributed by atoms with E-state index in [4.69, 9.17) is 16.4 Å². The monoisotopic (exact) mass is 244 g/mol. The molecule has 3 nitrogen and oxygen atoms in total. The fraction of sp³-hybridized carbons (Fsp3) is 0.600. The Balaban J connectivity index is 2.66. The van der Waals surface area contributed by atoms with Crippen molar-refractivity contribution in [3.05, 3.63) is 17.5 Å². The van der Waals surface area contributed by atoms with E-state index in [2.05, 4.69) is 5.10 Å². The maximum atomic E-state index is 5.52. The van der Waals surface area contributed by atoms with E-state index in [1.807, 2.05) is 40.7 Å². The molecular formula is C10H16N2OS2. The van der Waals surface area contributed by atoms with E-state index in [0.29, 0.717) is 4.32 Å². The molecule has 0 N–H and O–H groups in total. The Kier molecular flexibility index (Phi) is 3.92. The second-order valence-electron chi connectivity index (χ2n) is 4.38. The molecule has 5 heteroatoms. The molecule has 0 aliphatic rings. The van der Waals surface area contributed by atoms with Crippen molar-refractivity contribution in [3.63, 3.8) is 0 Å². The second-order valence-corrected chi connectivity index (χ2v) is 5.75. The van der Waals surface area contributed by atoms with Gasteiger partial charge in [0.25, 0.3) is 0 Å². The van der Waals surface area contributed by atoms with E-state index < -0.39 is 0 Å². The van der Waals surface area contributed by atoms with E-state index in [-0.39, 0.29) is 5.60 Å². The van der Waals surface area contributed by atoms with Crippen LogP contribution in [0.1, 0.15) is 32.2 Å². The van der Waals surface area contributed by atoms with Gasteiger partial charge in [-0.25, -0.2) is 4.68 Å². The van der Waals surface area contributed by atoms with Crippen LogP contribution in [-0.2, 0) is 4.18 Å². The summed E-state index contributed by atoms with van der Waals surface area (Å²) in [6, 6.07) is 1.99. The normalized spacial score (nSPS) is 11.8. The van der Waals surface area contributed by atoms with Crippen LogP contribution in [0.25, 0.3) is 0 Å². The number of aryl methyl sites for hydroxylation is 2. The minimum Gasteiger partial charge on any atom is -0.303 e. The van der Waals surface area contributed by atoms with Crippen LogP contribution in [0.5, 0.6) is 0 Å². The van der Waals surface area contributed by atoms with Crippen LogP contribution < -0.4 is 0 Å². The van der Waals surface area contributed by atoms with Crippen molar-refractivity contribution in [2.75, 3.05) is 0 Å². The highest BCUT2D eigenvalue weighted by Crippen LogP contribution is 2.20. The van der Waals surface area contributed by atoms with Gasteiger partial charge >= 0.3 is 0 Å². The average Bonchev–Trinajstić information content (AvgIpc) is 2.40. The van der Waals surface area contributed by atoms with Gasteiger partial charge in [0.05, 0.1) is 23.3 Å². The third-order valence-electron chi connectivity index (χ3n) is 1.55. The molecule has 0 unspecified atom stereocenters. The largest absolute Gasteiger partial charge is 0.303 e. The molecule has 1 aromatic rings. The van der Waals surface area contributed by atoms with Crippen molar-refractivity contribution in [2.45, 2.75) is 40.2 Å². The SMILES string of the molecule is Cc1cc(C)n(C(=S)SOC(C)(C)C)n1. The van der Waals surface area contributed by atoms with Crippen molar-refractivity contribution < 1.29 is 4.18 Å². The van der Waals surface area contributed by atoms with E-state index >= 15 is 0 Å². The zero-order valence-corrected chi connectivity index (χ0v) is 11.3. The maximum absolute atomic E-state index is 5.52. The number of thiocarbonyl (C=S) groups is 1. The highest BCUT2D eigenvalue weighted by Gasteiger charge is 2.15. The third kappa shape index (κ3) is 3.93. The summed E-state index contributed by atoms with van der Waals surface area (Å²) in [7, 11) is 0. The predicted molar refractivity (Wildman–Crippen MR) is 68.1 cm³/mol. The topological polar surface area (TPSA) is 27.1 Å². The first-order valence-corrected chi connectivity index (χ1v) is 5.88. The van der Waals surface area contributed by atoms with Crippen LogP contribution in [0.4, 0.5) is 0 Å². The van der Waals surface area contributed by atoms with Crippen LogP contribution in [0.3, 0.4) is 0 Å².